The molecule has 0 N–H and O–H groups in total. The lowest BCUT2D eigenvalue weighted by atomic mass is 9.82. The van der Waals surface area contributed by atoms with E-state index in [0.717, 1.165) is 50.7 Å². The van der Waals surface area contributed by atoms with Gasteiger partial charge < -0.3 is 28.7 Å². The molecule has 3 fully saturated rings. The Kier molecular flexibility index (Phi) is 9.12. The van der Waals surface area contributed by atoms with Crippen LogP contribution in [0.25, 0.3) is 0 Å². The van der Waals surface area contributed by atoms with Crippen LogP contribution in [-0.4, -0.2) is 78.7 Å². The summed E-state index contributed by atoms with van der Waals surface area (Å²) in [5, 5.41) is 0. The number of piperidine rings is 2. The van der Waals surface area contributed by atoms with Crippen LogP contribution in [0, 0.1) is 5.92 Å². The van der Waals surface area contributed by atoms with Crippen LogP contribution in [0.1, 0.15) is 64.9 Å². The zero-order valence-corrected chi connectivity index (χ0v) is 22.0. The molecule has 4 rings (SSSR count). The van der Waals surface area contributed by atoms with Crippen LogP contribution in [0.4, 0.5) is 9.59 Å². The van der Waals surface area contributed by atoms with Crippen molar-refractivity contribution >= 4 is 12.2 Å². The monoisotopic (exact) mass is 502 g/mol. The van der Waals surface area contributed by atoms with Gasteiger partial charge >= 0.3 is 12.2 Å². The van der Waals surface area contributed by atoms with Crippen LogP contribution in [0.5, 0.6) is 0 Å². The fourth-order valence-corrected chi connectivity index (χ4v) is 4.98. The maximum Gasteiger partial charge on any atom is 0.410 e. The summed E-state index contributed by atoms with van der Waals surface area (Å²) in [5.74, 6) is 0.547. The number of likely N-dealkylation sites (tertiary alicyclic amines) is 2. The van der Waals surface area contributed by atoms with E-state index < -0.39 is 5.60 Å². The van der Waals surface area contributed by atoms with Crippen LogP contribution < -0.4 is 0 Å². The predicted octanol–water partition coefficient (Wildman–Crippen LogP) is 5.00. The van der Waals surface area contributed by atoms with Crippen LogP contribution in [-0.2, 0) is 25.6 Å². The first-order valence-corrected chi connectivity index (χ1v) is 13.5. The highest BCUT2D eigenvalue weighted by Crippen LogP contribution is 2.33. The third-order valence-electron chi connectivity index (χ3n) is 7.14. The van der Waals surface area contributed by atoms with Crippen molar-refractivity contribution < 1.29 is 28.5 Å². The van der Waals surface area contributed by atoms with Crippen molar-refractivity contribution in [3.8, 4) is 0 Å². The smallest absolute Gasteiger partial charge is 0.410 e. The molecule has 2 aliphatic heterocycles. The molecule has 0 aromatic heterocycles. The topological polar surface area (TPSA) is 77.5 Å². The van der Waals surface area contributed by atoms with Gasteiger partial charge in [0.1, 0.15) is 12.2 Å². The molecule has 1 saturated carbocycles. The Morgan fingerprint density at radius 3 is 2.03 bits per heavy atom. The average molecular weight is 503 g/mol. The lowest BCUT2D eigenvalue weighted by Gasteiger charge is -2.40. The molecule has 36 heavy (non-hydrogen) atoms. The summed E-state index contributed by atoms with van der Waals surface area (Å²) in [4.78, 5) is 28.1. The molecule has 0 radical (unpaired) electrons. The Balaban J connectivity index is 1.04. The molecule has 2 saturated heterocycles. The second-order valence-electron chi connectivity index (χ2n) is 11.3. The van der Waals surface area contributed by atoms with Gasteiger partial charge in [-0.1, -0.05) is 30.3 Å². The van der Waals surface area contributed by atoms with Gasteiger partial charge in [-0.05, 0) is 70.8 Å². The van der Waals surface area contributed by atoms with Gasteiger partial charge in [0.05, 0.1) is 18.3 Å². The zero-order valence-electron chi connectivity index (χ0n) is 22.0. The Hall–Kier alpha value is -2.32. The Morgan fingerprint density at radius 2 is 1.42 bits per heavy atom. The number of amides is 2. The predicted molar refractivity (Wildman–Crippen MR) is 136 cm³/mol. The van der Waals surface area contributed by atoms with E-state index in [4.69, 9.17) is 18.9 Å². The van der Waals surface area contributed by atoms with Gasteiger partial charge in [0.25, 0.3) is 0 Å². The van der Waals surface area contributed by atoms with E-state index in [2.05, 4.69) is 0 Å². The van der Waals surface area contributed by atoms with E-state index in [1.165, 1.54) is 0 Å². The fourth-order valence-electron chi connectivity index (χ4n) is 4.98. The molecule has 8 nitrogen and oxygen atoms in total. The summed E-state index contributed by atoms with van der Waals surface area (Å²) >= 11 is 0. The van der Waals surface area contributed by atoms with E-state index in [1.54, 1.807) is 9.80 Å². The highest BCUT2D eigenvalue weighted by molar-refractivity contribution is 5.68. The van der Waals surface area contributed by atoms with Crippen molar-refractivity contribution in [2.24, 2.45) is 5.92 Å². The van der Waals surface area contributed by atoms with Gasteiger partial charge in [-0.2, -0.15) is 0 Å². The summed E-state index contributed by atoms with van der Waals surface area (Å²) in [6.07, 6.45) is 5.78. The maximum atomic E-state index is 12.3. The summed E-state index contributed by atoms with van der Waals surface area (Å²) < 4.78 is 23.4. The molecule has 1 aliphatic carbocycles. The Bertz CT molecular complexity index is 835. The second-order valence-corrected chi connectivity index (χ2v) is 11.3. The minimum absolute atomic E-state index is 0.209. The van der Waals surface area contributed by atoms with E-state index in [9.17, 15) is 9.59 Å². The van der Waals surface area contributed by atoms with Crippen molar-refractivity contribution in [2.75, 3.05) is 32.8 Å². The van der Waals surface area contributed by atoms with Gasteiger partial charge in [0, 0.05) is 32.8 Å². The molecule has 0 unspecified atom stereocenters. The number of carbonyl (C=O) groups is 2. The van der Waals surface area contributed by atoms with E-state index in [0.29, 0.717) is 44.8 Å². The summed E-state index contributed by atoms with van der Waals surface area (Å²) in [5.41, 5.74) is 0.539. The normalized spacial score (nSPS) is 23.8. The van der Waals surface area contributed by atoms with Crippen molar-refractivity contribution in [3.63, 3.8) is 0 Å². The number of hydrogen-bond donors (Lipinski definition) is 0. The Labute approximate surface area is 215 Å². The second kappa shape index (κ2) is 12.3. The Morgan fingerprint density at radius 1 is 0.833 bits per heavy atom. The number of benzene rings is 1. The fraction of sp³-hybridized carbons (Fsp3) is 0.714. The molecule has 1 aromatic rings. The molecule has 2 heterocycles. The summed E-state index contributed by atoms with van der Waals surface area (Å²) in [6, 6.07) is 9.75. The van der Waals surface area contributed by atoms with E-state index >= 15 is 0 Å². The first-order valence-electron chi connectivity index (χ1n) is 13.5. The third-order valence-corrected chi connectivity index (χ3v) is 7.14. The van der Waals surface area contributed by atoms with Crippen molar-refractivity contribution in [1.29, 1.82) is 0 Å². The van der Waals surface area contributed by atoms with E-state index in [1.807, 2.05) is 51.1 Å². The molecule has 8 heteroatoms. The molecular formula is C28H42N2O6. The lowest BCUT2D eigenvalue weighted by Crippen LogP contribution is -2.46. The zero-order chi connectivity index (χ0) is 25.5. The molecule has 0 bridgehead atoms. The number of ether oxygens (including phenoxy) is 4. The minimum Gasteiger partial charge on any atom is -0.445 e. The molecule has 2 amide bonds. The molecule has 0 spiro atoms. The van der Waals surface area contributed by atoms with Gasteiger partial charge in [0.2, 0.25) is 0 Å². The van der Waals surface area contributed by atoms with Gasteiger partial charge in [-0.3, -0.25) is 0 Å². The van der Waals surface area contributed by atoms with Gasteiger partial charge in [0.15, 0.2) is 0 Å². The van der Waals surface area contributed by atoms with Crippen molar-refractivity contribution in [3.05, 3.63) is 35.9 Å². The summed E-state index contributed by atoms with van der Waals surface area (Å²) in [6.45, 7) is 9.49. The van der Waals surface area contributed by atoms with Crippen molar-refractivity contribution in [1.82, 2.24) is 9.80 Å². The number of carbonyl (C=O) groups excluding carboxylic acids is 2. The third kappa shape index (κ3) is 8.10. The highest BCUT2D eigenvalue weighted by atomic mass is 16.6. The van der Waals surface area contributed by atoms with E-state index in [-0.39, 0.29) is 24.4 Å². The average Bonchev–Trinajstić information content (AvgIpc) is 2.84. The first-order chi connectivity index (χ1) is 17.2. The van der Waals surface area contributed by atoms with Crippen LogP contribution in [0.15, 0.2) is 30.3 Å². The standard InChI is InChI=1S/C28H42N2O6/c1-28(2,3)36-27(32)30-15-11-24(12-16-30)35-25-17-22(18-25)20-33-23-9-13-29(14-10-23)26(31)34-19-21-7-5-4-6-8-21/h4-8,22-25H,9-20H2,1-3H3. The van der Waals surface area contributed by atoms with Crippen molar-refractivity contribution in [2.45, 2.75) is 89.8 Å². The SMILES string of the molecule is CC(C)(C)OC(=O)N1CCC(OC2CC(COC3CCN(C(=O)OCc4ccccc4)CC3)C2)CC1. The first kappa shape index (κ1) is 26.7. The lowest BCUT2D eigenvalue weighted by molar-refractivity contribution is -0.114. The molecule has 1 aromatic carbocycles. The van der Waals surface area contributed by atoms with Gasteiger partial charge in [-0.15, -0.1) is 0 Å². The molecule has 0 atom stereocenters. The van der Waals surface area contributed by atoms with Gasteiger partial charge in [-0.25, -0.2) is 9.59 Å². The summed E-state index contributed by atoms with van der Waals surface area (Å²) in [7, 11) is 0. The molecule has 3 aliphatic rings. The minimum atomic E-state index is -0.460. The van der Waals surface area contributed by atoms with Crippen LogP contribution >= 0.6 is 0 Å². The molecular weight excluding hydrogens is 460 g/mol. The number of rotatable bonds is 7. The quantitative estimate of drug-likeness (QED) is 0.522. The molecule has 200 valence electrons. The van der Waals surface area contributed by atoms with Crippen LogP contribution in [0.2, 0.25) is 0 Å². The highest BCUT2D eigenvalue weighted by Gasteiger charge is 2.35. The van der Waals surface area contributed by atoms with Crippen LogP contribution in [0.3, 0.4) is 0 Å². The maximum absolute atomic E-state index is 12.3. The number of hydrogen-bond acceptors (Lipinski definition) is 6. The largest absolute Gasteiger partial charge is 0.445 e. The number of nitrogens with zero attached hydrogens (tertiary/aromatic N) is 2.